The van der Waals surface area contributed by atoms with Gasteiger partial charge in [0.25, 0.3) is 0 Å². The SMILES string of the molecule is Cc1cn2c(n1)CN(C(=O)C1CC(=O)N(c3cn[nH]c3)C1)CC2. The number of hydrogen-bond donors (Lipinski definition) is 1. The van der Waals surface area contributed by atoms with Crippen LogP contribution in [-0.2, 0) is 22.7 Å². The van der Waals surface area contributed by atoms with E-state index >= 15 is 0 Å². The molecule has 1 fully saturated rings. The Kier molecular flexibility index (Phi) is 3.17. The van der Waals surface area contributed by atoms with Crippen molar-refractivity contribution in [2.75, 3.05) is 18.0 Å². The molecule has 120 valence electrons. The van der Waals surface area contributed by atoms with Crippen LogP contribution in [0.2, 0.25) is 0 Å². The van der Waals surface area contributed by atoms with Gasteiger partial charge in [-0.15, -0.1) is 0 Å². The van der Waals surface area contributed by atoms with Crippen LogP contribution in [0.15, 0.2) is 18.6 Å². The molecule has 2 aliphatic rings. The molecule has 1 N–H and O–H groups in total. The maximum absolute atomic E-state index is 12.8. The first-order valence-corrected chi connectivity index (χ1v) is 7.72. The number of nitrogens with zero attached hydrogens (tertiary/aromatic N) is 5. The van der Waals surface area contributed by atoms with Crippen molar-refractivity contribution in [2.45, 2.75) is 26.4 Å². The Balaban J connectivity index is 1.47. The van der Waals surface area contributed by atoms with E-state index in [1.807, 2.05) is 18.0 Å². The smallest absolute Gasteiger partial charge is 0.228 e. The van der Waals surface area contributed by atoms with Crippen LogP contribution >= 0.6 is 0 Å². The number of amides is 2. The van der Waals surface area contributed by atoms with Crippen molar-refractivity contribution < 1.29 is 9.59 Å². The Morgan fingerprint density at radius 3 is 3.04 bits per heavy atom. The third-order valence-corrected chi connectivity index (χ3v) is 4.50. The first-order valence-electron chi connectivity index (χ1n) is 7.72. The van der Waals surface area contributed by atoms with Gasteiger partial charge in [-0.1, -0.05) is 0 Å². The molecule has 8 heteroatoms. The zero-order valence-corrected chi connectivity index (χ0v) is 12.9. The molecular formula is C15H18N6O2. The quantitative estimate of drug-likeness (QED) is 0.864. The Hall–Kier alpha value is -2.64. The summed E-state index contributed by atoms with van der Waals surface area (Å²) in [6.07, 6.45) is 5.54. The van der Waals surface area contributed by atoms with E-state index < -0.39 is 0 Å². The van der Waals surface area contributed by atoms with Gasteiger partial charge in [-0.3, -0.25) is 14.7 Å². The molecule has 1 atom stereocenters. The number of aromatic nitrogens is 4. The van der Waals surface area contributed by atoms with E-state index in [2.05, 4.69) is 19.7 Å². The first-order chi connectivity index (χ1) is 11.1. The fourth-order valence-electron chi connectivity index (χ4n) is 3.36. The second-order valence-electron chi connectivity index (χ2n) is 6.11. The standard InChI is InChI=1S/C15H18N6O2/c1-10-7-19-2-3-20(9-13(19)18-10)15(23)11-4-14(22)21(8-11)12-5-16-17-6-12/h5-7,11H,2-4,8-9H2,1H3,(H,16,17). The Labute approximate surface area is 133 Å². The molecule has 1 unspecified atom stereocenters. The molecule has 2 amide bonds. The molecule has 4 heterocycles. The maximum Gasteiger partial charge on any atom is 0.228 e. The van der Waals surface area contributed by atoms with E-state index in [9.17, 15) is 9.59 Å². The molecule has 8 nitrogen and oxygen atoms in total. The number of nitrogens with one attached hydrogen (secondary N) is 1. The fraction of sp³-hybridized carbons (Fsp3) is 0.467. The summed E-state index contributed by atoms with van der Waals surface area (Å²) >= 11 is 0. The summed E-state index contributed by atoms with van der Waals surface area (Å²) in [5, 5.41) is 6.56. The highest BCUT2D eigenvalue weighted by molar-refractivity contribution is 6.00. The summed E-state index contributed by atoms with van der Waals surface area (Å²) in [6, 6.07) is 0. The van der Waals surface area contributed by atoms with Crippen molar-refractivity contribution in [1.82, 2.24) is 24.6 Å². The van der Waals surface area contributed by atoms with Crippen molar-refractivity contribution in [2.24, 2.45) is 5.92 Å². The van der Waals surface area contributed by atoms with E-state index in [4.69, 9.17) is 0 Å². The van der Waals surface area contributed by atoms with Crippen LogP contribution in [0, 0.1) is 12.8 Å². The minimum Gasteiger partial charge on any atom is -0.333 e. The van der Waals surface area contributed by atoms with Gasteiger partial charge >= 0.3 is 0 Å². The average Bonchev–Trinajstić information content (AvgIpc) is 3.23. The molecule has 1 saturated heterocycles. The topological polar surface area (TPSA) is 87.1 Å². The van der Waals surface area contributed by atoms with Crippen LogP contribution in [0.4, 0.5) is 5.69 Å². The number of anilines is 1. The van der Waals surface area contributed by atoms with E-state index in [-0.39, 0.29) is 24.2 Å². The van der Waals surface area contributed by atoms with Gasteiger partial charge in [0.1, 0.15) is 5.82 Å². The molecular weight excluding hydrogens is 296 g/mol. The first kappa shape index (κ1) is 14.0. The zero-order valence-electron chi connectivity index (χ0n) is 12.9. The van der Waals surface area contributed by atoms with Crippen molar-refractivity contribution in [3.63, 3.8) is 0 Å². The summed E-state index contributed by atoms with van der Waals surface area (Å²) < 4.78 is 2.09. The van der Waals surface area contributed by atoms with E-state index in [0.29, 0.717) is 19.6 Å². The van der Waals surface area contributed by atoms with Crippen molar-refractivity contribution in [3.8, 4) is 0 Å². The predicted molar refractivity (Wildman–Crippen MR) is 81.4 cm³/mol. The Bertz CT molecular complexity index is 750. The zero-order chi connectivity index (χ0) is 16.0. The maximum atomic E-state index is 12.8. The third kappa shape index (κ3) is 2.39. The molecule has 2 aromatic heterocycles. The molecule has 2 aromatic rings. The largest absolute Gasteiger partial charge is 0.333 e. The molecule has 0 radical (unpaired) electrons. The lowest BCUT2D eigenvalue weighted by atomic mass is 10.1. The summed E-state index contributed by atoms with van der Waals surface area (Å²) in [4.78, 5) is 32.8. The monoisotopic (exact) mass is 314 g/mol. The number of hydrogen-bond acceptors (Lipinski definition) is 4. The highest BCUT2D eigenvalue weighted by atomic mass is 16.2. The fourth-order valence-corrected chi connectivity index (χ4v) is 3.36. The summed E-state index contributed by atoms with van der Waals surface area (Å²) in [5.41, 5.74) is 1.69. The summed E-state index contributed by atoms with van der Waals surface area (Å²) in [7, 11) is 0. The number of fused-ring (bicyclic) bond motifs is 1. The summed E-state index contributed by atoms with van der Waals surface area (Å²) in [5.74, 6) is 0.633. The minimum absolute atomic E-state index is 0.0286. The lowest BCUT2D eigenvalue weighted by Crippen LogP contribution is -2.42. The molecule has 0 spiro atoms. The van der Waals surface area contributed by atoms with Gasteiger partial charge < -0.3 is 14.4 Å². The molecule has 23 heavy (non-hydrogen) atoms. The normalized spacial score (nSPS) is 20.9. The van der Waals surface area contributed by atoms with Crippen molar-refractivity contribution >= 4 is 17.5 Å². The lowest BCUT2D eigenvalue weighted by Gasteiger charge is -2.29. The number of rotatable bonds is 2. The molecule has 4 rings (SSSR count). The highest BCUT2D eigenvalue weighted by Crippen LogP contribution is 2.26. The highest BCUT2D eigenvalue weighted by Gasteiger charge is 2.38. The number of aromatic amines is 1. The predicted octanol–water partition coefficient (Wildman–Crippen LogP) is 0.310. The lowest BCUT2D eigenvalue weighted by molar-refractivity contribution is -0.137. The number of carbonyl (C=O) groups is 2. The average molecular weight is 314 g/mol. The van der Waals surface area contributed by atoms with Crippen LogP contribution in [0.1, 0.15) is 17.9 Å². The Morgan fingerprint density at radius 1 is 1.39 bits per heavy atom. The molecule has 0 aliphatic carbocycles. The second kappa shape index (κ2) is 5.22. The van der Waals surface area contributed by atoms with Crippen LogP contribution < -0.4 is 4.90 Å². The molecule has 0 bridgehead atoms. The minimum atomic E-state index is -0.292. The molecule has 0 aromatic carbocycles. The van der Waals surface area contributed by atoms with Gasteiger partial charge in [0.15, 0.2) is 0 Å². The van der Waals surface area contributed by atoms with Gasteiger partial charge in [-0.25, -0.2) is 4.98 Å². The van der Waals surface area contributed by atoms with Gasteiger partial charge in [0, 0.05) is 38.4 Å². The van der Waals surface area contributed by atoms with Crippen LogP contribution in [-0.4, -0.2) is 49.6 Å². The number of carbonyl (C=O) groups excluding carboxylic acids is 2. The second-order valence-corrected chi connectivity index (χ2v) is 6.11. The van der Waals surface area contributed by atoms with E-state index in [0.717, 1.165) is 23.8 Å². The Morgan fingerprint density at radius 2 is 2.26 bits per heavy atom. The van der Waals surface area contributed by atoms with Crippen molar-refractivity contribution in [1.29, 1.82) is 0 Å². The van der Waals surface area contributed by atoms with E-state index in [1.54, 1.807) is 17.3 Å². The number of aryl methyl sites for hydroxylation is 1. The third-order valence-electron chi connectivity index (χ3n) is 4.50. The number of imidazole rings is 1. The van der Waals surface area contributed by atoms with E-state index in [1.165, 1.54) is 0 Å². The van der Waals surface area contributed by atoms with Crippen molar-refractivity contribution in [3.05, 3.63) is 30.1 Å². The number of H-pyrrole nitrogens is 1. The van der Waals surface area contributed by atoms with Gasteiger partial charge in [-0.05, 0) is 6.92 Å². The molecule has 2 aliphatic heterocycles. The van der Waals surface area contributed by atoms with Crippen LogP contribution in [0.5, 0.6) is 0 Å². The van der Waals surface area contributed by atoms with Crippen LogP contribution in [0.25, 0.3) is 0 Å². The molecule has 0 saturated carbocycles. The van der Waals surface area contributed by atoms with Gasteiger partial charge in [0.05, 0.1) is 30.0 Å². The summed E-state index contributed by atoms with van der Waals surface area (Å²) in [6.45, 7) is 4.31. The van der Waals surface area contributed by atoms with Gasteiger partial charge in [0.2, 0.25) is 11.8 Å². The van der Waals surface area contributed by atoms with Gasteiger partial charge in [-0.2, -0.15) is 5.10 Å². The van der Waals surface area contributed by atoms with Crippen LogP contribution in [0.3, 0.4) is 0 Å².